The summed E-state index contributed by atoms with van der Waals surface area (Å²) in [7, 11) is 0. The summed E-state index contributed by atoms with van der Waals surface area (Å²) in [5, 5.41) is 21.8. The largest absolute Gasteiger partial charge is 0.480 e. The summed E-state index contributed by atoms with van der Waals surface area (Å²) in [6.45, 7) is 1.62. The normalized spacial score (nSPS) is 14.1. The van der Waals surface area contributed by atoms with Crippen molar-refractivity contribution in [3.63, 3.8) is 0 Å². The van der Waals surface area contributed by atoms with Gasteiger partial charge in [0.05, 0.1) is 0 Å². The van der Waals surface area contributed by atoms with E-state index in [2.05, 4.69) is 11.4 Å². The van der Waals surface area contributed by atoms with E-state index in [4.69, 9.17) is 15.9 Å². The van der Waals surface area contributed by atoms with E-state index in [1.807, 2.05) is 11.5 Å². The van der Waals surface area contributed by atoms with Gasteiger partial charge in [-0.15, -0.1) is 0 Å². The molecule has 0 bridgehead atoms. The molecule has 7 nitrogen and oxygen atoms in total. The lowest BCUT2D eigenvalue weighted by Crippen LogP contribution is -2.39. The number of carbonyl (C=O) groups is 2. The molecule has 1 aliphatic heterocycles. The van der Waals surface area contributed by atoms with Crippen molar-refractivity contribution in [3.05, 3.63) is 12.3 Å². The Labute approximate surface area is 106 Å². The molecule has 1 amide bonds. The smallest absolute Gasteiger partial charge is 0.405 e. The lowest BCUT2D eigenvalue weighted by atomic mass is 10.1. The van der Waals surface area contributed by atoms with Crippen molar-refractivity contribution in [3.8, 4) is 0 Å². The fourth-order valence-electron chi connectivity index (χ4n) is 1.32. The average molecular weight is 259 g/mol. The summed E-state index contributed by atoms with van der Waals surface area (Å²) in [5.74, 6) is -1.15. The van der Waals surface area contributed by atoms with Crippen LogP contribution in [0.1, 0.15) is 25.7 Å². The third-order valence-corrected chi connectivity index (χ3v) is 2.23. The number of nitrogens with one attached hydrogen (secondary N) is 2. The van der Waals surface area contributed by atoms with E-state index < -0.39 is 18.1 Å². The number of rotatable bonds is 6. The van der Waals surface area contributed by atoms with Crippen LogP contribution in [0, 0.1) is 0 Å². The fourth-order valence-corrected chi connectivity index (χ4v) is 1.32. The van der Waals surface area contributed by atoms with Crippen molar-refractivity contribution in [2.45, 2.75) is 31.7 Å². The monoisotopic (exact) mass is 259 g/mol. The van der Waals surface area contributed by atoms with Crippen molar-refractivity contribution in [1.82, 2.24) is 10.6 Å². The van der Waals surface area contributed by atoms with Gasteiger partial charge in [0.2, 0.25) is 0 Å². The highest BCUT2D eigenvalue weighted by Crippen LogP contribution is 2.00. The molecule has 0 aliphatic carbocycles. The maximum Gasteiger partial charge on any atom is 0.405 e. The molecule has 0 fully saturated rings. The Morgan fingerprint density at radius 3 is 2.44 bits per heavy atom. The predicted octanol–water partition coefficient (Wildman–Crippen LogP) is 0.330. The van der Waals surface area contributed by atoms with E-state index in [9.17, 15) is 9.59 Å². The zero-order chi connectivity index (χ0) is 13.8. The van der Waals surface area contributed by atoms with Crippen LogP contribution in [0.5, 0.6) is 0 Å². The minimum absolute atomic E-state index is 0.277. The Morgan fingerprint density at radius 1 is 1.39 bits per heavy atom. The van der Waals surface area contributed by atoms with Gasteiger partial charge in [-0.05, 0) is 38.4 Å². The molecule has 0 saturated carbocycles. The van der Waals surface area contributed by atoms with Gasteiger partial charge in [0, 0.05) is 6.54 Å². The van der Waals surface area contributed by atoms with Crippen molar-refractivity contribution in [2.24, 2.45) is 5.73 Å². The Hall–Kier alpha value is -1.76. The second kappa shape index (κ2) is 10.4. The van der Waals surface area contributed by atoms with Crippen molar-refractivity contribution in [2.75, 3.05) is 13.1 Å². The summed E-state index contributed by atoms with van der Waals surface area (Å²) in [4.78, 5) is 20.6. The molecule has 18 heavy (non-hydrogen) atoms. The van der Waals surface area contributed by atoms with Crippen LogP contribution >= 0.6 is 0 Å². The van der Waals surface area contributed by atoms with Gasteiger partial charge in [0.15, 0.2) is 0 Å². The molecule has 1 rings (SSSR count). The van der Waals surface area contributed by atoms with Gasteiger partial charge >= 0.3 is 12.1 Å². The van der Waals surface area contributed by atoms with Crippen molar-refractivity contribution in [1.29, 1.82) is 0 Å². The number of hydrogen-bond acceptors (Lipinski definition) is 4. The van der Waals surface area contributed by atoms with Gasteiger partial charge in [-0.2, -0.15) is 0 Å². The zero-order valence-corrected chi connectivity index (χ0v) is 10.3. The van der Waals surface area contributed by atoms with Gasteiger partial charge in [-0.3, -0.25) is 0 Å². The molecule has 0 spiro atoms. The molecule has 1 unspecified atom stereocenters. The molecule has 0 aromatic heterocycles. The summed E-state index contributed by atoms with van der Waals surface area (Å²) in [6, 6.07) is -1.02. The molecular formula is C11H21N3O4. The van der Waals surface area contributed by atoms with E-state index >= 15 is 0 Å². The van der Waals surface area contributed by atoms with Gasteiger partial charge < -0.3 is 26.6 Å². The first-order valence-electron chi connectivity index (χ1n) is 5.88. The summed E-state index contributed by atoms with van der Waals surface area (Å²) in [5.41, 5.74) is 5.21. The molecule has 7 heteroatoms. The minimum atomic E-state index is -1.32. The van der Waals surface area contributed by atoms with Gasteiger partial charge in [-0.25, -0.2) is 9.59 Å². The van der Waals surface area contributed by atoms with Crippen LogP contribution in [-0.4, -0.2) is 41.4 Å². The molecule has 0 saturated heterocycles. The molecule has 0 aromatic carbocycles. The molecule has 0 radical (unpaired) electrons. The third kappa shape index (κ3) is 9.46. The third-order valence-electron chi connectivity index (χ3n) is 2.23. The lowest BCUT2D eigenvalue weighted by molar-refractivity contribution is -0.139. The summed E-state index contributed by atoms with van der Waals surface area (Å²) in [6.07, 6.45) is 5.58. The number of amides is 1. The number of carboxylic acids is 1. The van der Waals surface area contributed by atoms with E-state index in [0.717, 1.165) is 6.54 Å². The Morgan fingerprint density at radius 2 is 2.11 bits per heavy atom. The molecule has 1 aliphatic rings. The standard InChI is InChI=1S/C7H14N2O4.C4H7N/c8-4-2-1-3-5(6(10)11)9-7(12)13;1-2-4-5-3-1/h5,9H,1-4,8H2,(H,10,11)(H,12,13);1,3,5H,2,4H2. The van der Waals surface area contributed by atoms with Crippen LogP contribution in [0.15, 0.2) is 12.3 Å². The quantitative estimate of drug-likeness (QED) is 0.438. The second-order valence-electron chi connectivity index (χ2n) is 3.77. The molecular weight excluding hydrogens is 238 g/mol. The first-order chi connectivity index (χ1) is 8.57. The highest BCUT2D eigenvalue weighted by Gasteiger charge is 2.18. The maximum absolute atomic E-state index is 10.5. The van der Waals surface area contributed by atoms with Crippen LogP contribution in [-0.2, 0) is 4.79 Å². The molecule has 0 aromatic rings. The number of hydrogen-bond donors (Lipinski definition) is 5. The van der Waals surface area contributed by atoms with Gasteiger partial charge in [-0.1, -0.05) is 6.08 Å². The Balaban J connectivity index is 0.000000473. The predicted molar refractivity (Wildman–Crippen MR) is 67.2 cm³/mol. The molecule has 1 heterocycles. The summed E-state index contributed by atoms with van der Waals surface area (Å²) < 4.78 is 0. The average Bonchev–Trinajstić information content (AvgIpc) is 2.86. The number of carboxylic acid groups (broad SMARTS) is 2. The SMILES string of the molecule is C1=CNCC1.NCCCCC(NC(=O)O)C(=O)O. The van der Waals surface area contributed by atoms with Crippen molar-refractivity contribution < 1.29 is 19.8 Å². The van der Waals surface area contributed by atoms with Crippen LogP contribution in [0.25, 0.3) is 0 Å². The first-order valence-corrected chi connectivity index (χ1v) is 5.88. The summed E-state index contributed by atoms with van der Waals surface area (Å²) >= 11 is 0. The Bertz CT molecular complexity index is 275. The maximum atomic E-state index is 10.5. The topological polar surface area (TPSA) is 125 Å². The number of aliphatic carboxylic acids is 1. The highest BCUT2D eigenvalue weighted by atomic mass is 16.4. The van der Waals surface area contributed by atoms with Crippen molar-refractivity contribution >= 4 is 12.1 Å². The van der Waals surface area contributed by atoms with Crippen LogP contribution < -0.4 is 16.4 Å². The minimum Gasteiger partial charge on any atom is -0.480 e. The van der Waals surface area contributed by atoms with Crippen LogP contribution in [0.2, 0.25) is 0 Å². The highest BCUT2D eigenvalue weighted by molar-refractivity contribution is 5.78. The van der Waals surface area contributed by atoms with Crippen LogP contribution in [0.3, 0.4) is 0 Å². The lowest BCUT2D eigenvalue weighted by Gasteiger charge is -2.10. The molecule has 6 N–H and O–H groups in total. The van der Waals surface area contributed by atoms with Crippen LogP contribution in [0.4, 0.5) is 4.79 Å². The molecule has 104 valence electrons. The fraction of sp³-hybridized carbons (Fsp3) is 0.636. The zero-order valence-electron chi connectivity index (χ0n) is 10.3. The first kappa shape index (κ1) is 16.2. The van der Waals surface area contributed by atoms with E-state index in [1.165, 1.54) is 6.42 Å². The van der Waals surface area contributed by atoms with E-state index in [1.54, 1.807) is 0 Å². The molecule has 1 atom stereocenters. The van der Waals surface area contributed by atoms with E-state index in [0.29, 0.717) is 19.4 Å². The number of unbranched alkanes of at least 4 members (excludes halogenated alkanes) is 1. The van der Waals surface area contributed by atoms with Gasteiger partial charge in [0.25, 0.3) is 0 Å². The van der Waals surface area contributed by atoms with E-state index in [-0.39, 0.29) is 6.42 Å². The number of nitrogens with two attached hydrogens (primary N) is 1. The second-order valence-corrected chi connectivity index (χ2v) is 3.77. The van der Waals surface area contributed by atoms with Gasteiger partial charge in [0.1, 0.15) is 6.04 Å². The Kier molecular flexibility index (Phi) is 9.38.